The molecule has 3 aromatic carbocycles. The van der Waals surface area contributed by atoms with Crippen molar-refractivity contribution < 1.29 is 14.3 Å². The van der Waals surface area contributed by atoms with E-state index in [2.05, 4.69) is 24.4 Å². The lowest BCUT2D eigenvalue weighted by molar-refractivity contribution is -0.122. The first-order valence-electron chi connectivity index (χ1n) is 10.9. The molecule has 0 bridgehead atoms. The van der Waals surface area contributed by atoms with Crippen LogP contribution in [0.4, 0.5) is 5.69 Å². The van der Waals surface area contributed by atoms with E-state index in [-0.39, 0.29) is 18.4 Å². The second kappa shape index (κ2) is 10.4. The van der Waals surface area contributed by atoms with E-state index in [0.29, 0.717) is 17.2 Å². The summed E-state index contributed by atoms with van der Waals surface area (Å²) in [5.41, 5.74) is 3.84. The van der Waals surface area contributed by atoms with Crippen molar-refractivity contribution in [2.45, 2.75) is 24.8 Å². The van der Waals surface area contributed by atoms with Crippen molar-refractivity contribution in [1.82, 2.24) is 5.32 Å². The number of rotatable bonds is 7. The SMILES string of the molecule is CCc1ccc(C=C2Sc3ccccc3N(CC(=O)NCc3ccccc3OC)C2=O)cc1. The quantitative estimate of drug-likeness (QED) is 0.503. The summed E-state index contributed by atoms with van der Waals surface area (Å²) in [5.74, 6) is 0.307. The number of anilines is 1. The lowest BCUT2D eigenvalue weighted by Gasteiger charge is -2.29. The molecule has 0 aromatic heterocycles. The van der Waals surface area contributed by atoms with E-state index in [1.54, 1.807) is 12.0 Å². The first kappa shape index (κ1) is 22.7. The number of methoxy groups -OCH3 is 1. The molecule has 0 aliphatic carbocycles. The van der Waals surface area contributed by atoms with Gasteiger partial charge in [0.05, 0.1) is 17.7 Å². The minimum Gasteiger partial charge on any atom is -0.496 e. The van der Waals surface area contributed by atoms with Crippen LogP contribution in [0.15, 0.2) is 82.6 Å². The lowest BCUT2D eigenvalue weighted by Crippen LogP contribution is -2.42. The first-order chi connectivity index (χ1) is 16.1. The fourth-order valence-electron chi connectivity index (χ4n) is 3.66. The predicted molar refractivity (Wildman–Crippen MR) is 133 cm³/mol. The Morgan fingerprint density at radius 3 is 2.52 bits per heavy atom. The number of nitrogens with one attached hydrogen (secondary N) is 1. The third-order valence-electron chi connectivity index (χ3n) is 5.49. The molecule has 1 aliphatic rings. The summed E-state index contributed by atoms with van der Waals surface area (Å²) < 4.78 is 5.35. The highest BCUT2D eigenvalue weighted by molar-refractivity contribution is 8.04. The number of thioether (sulfide) groups is 1. The molecule has 1 aliphatic heterocycles. The average molecular weight is 459 g/mol. The summed E-state index contributed by atoms with van der Waals surface area (Å²) in [7, 11) is 1.60. The molecule has 33 heavy (non-hydrogen) atoms. The molecule has 168 valence electrons. The van der Waals surface area contributed by atoms with Gasteiger partial charge in [-0.1, -0.05) is 73.3 Å². The number of carbonyl (C=O) groups excluding carboxylic acids is 2. The average Bonchev–Trinajstić information content (AvgIpc) is 2.86. The number of benzene rings is 3. The lowest BCUT2D eigenvalue weighted by atomic mass is 10.1. The van der Waals surface area contributed by atoms with Gasteiger partial charge in [0, 0.05) is 17.0 Å². The Bertz CT molecular complexity index is 1190. The summed E-state index contributed by atoms with van der Waals surface area (Å²) in [5, 5.41) is 2.91. The van der Waals surface area contributed by atoms with Crippen LogP contribution < -0.4 is 15.0 Å². The Hall–Kier alpha value is -3.51. The molecule has 3 aromatic rings. The molecule has 0 radical (unpaired) electrons. The zero-order valence-electron chi connectivity index (χ0n) is 18.7. The molecule has 1 heterocycles. The molecular weight excluding hydrogens is 432 g/mol. The van der Waals surface area contributed by atoms with E-state index in [9.17, 15) is 9.59 Å². The van der Waals surface area contributed by atoms with E-state index in [1.165, 1.54) is 17.3 Å². The highest BCUT2D eigenvalue weighted by atomic mass is 32.2. The number of aryl methyl sites for hydroxylation is 1. The van der Waals surface area contributed by atoms with Crippen molar-refractivity contribution in [2.75, 3.05) is 18.6 Å². The largest absolute Gasteiger partial charge is 0.496 e. The summed E-state index contributed by atoms with van der Waals surface area (Å²) in [6, 6.07) is 23.4. The van der Waals surface area contributed by atoms with Crippen molar-refractivity contribution in [1.29, 1.82) is 0 Å². The Labute approximate surface area is 198 Å². The number of ether oxygens (including phenoxy) is 1. The van der Waals surface area contributed by atoms with Gasteiger partial charge in [-0.25, -0.2) is 0 Å². The maximum Gasteiger partial charge on any atom is 0.265 e. The number of amides is 2. The van der Waals surface area contributed by atoms with E-state index in [4.69, 9.17) is 4.74 Å². The molecule has 2 amide bonds. The molecule has 0 saturated carbocycles. The summed E-state index contributed by atoms with van der Waals surface area (Å²) >= 11 is 1.44. The topological polar surface area (TPSA) is 58.6 Å². The van der Waals surface area contributed by atoms with Gasteiger partial charge in [-0.3, -0.25) is 14.5 Å². The van der Waals surface area contributed by atoms with Gasteiger partial charge in [-0.05, 0) is 41.8 Å². The molecule has 5 nitrogen and oxygen atoms in total. The van der Waals surface area contributed by atoms with Gasteiger partial charge in [0.15, 0.2) is 0 Å². The van der Waals surface area contributed by atoms with E-state index >= 15 is 0 Å². The number of para-hydroxylation sites is 2. The van der Waals surface area contributed by atoms with Gasteiger partial charge < -0.3 is 10.1 Å². The van der Waals surface area contributed by atoms with Crippen molar-refractivity contribution in [3.05, 3.63) is 94.4 Å². The second-order valence-corrected chi connectivity index (χ2v) is 8.74. The van der Waals surface area contributed by atoms with Crippen LogP contribution in [0, 0.1) is 0 Å². The van der Waals surface area contributed by atoms with E-state index < -0.39 is 0 Å². The van der Waals surface area contributed by atoms with E-state index in [0.717, 1.165) is 28.1 Å². The van der Waals surface area contributed by atoms with Crippen LogP contribution in [-0.4, -0.2) is 25.5 Å². The minimum absolute atomic E-state index is 0.0579. The van der Waals surface area contributed by atoms with Gasteiger partial charge >= 0.3 is 0 Å². The zero-order valence-corrected chi connectivity index (χ0v) is 19.5. The maximum absolute atomic E-state index is 13.4. The maximum atomic E-state index is 13.4. The van der Waals surface area contributed by atoms with Gasteiger partial charge in [-0.15, -0.1) is 0 Å². The van der Waals surface area contributed by atoms with Gasteiger partial charge in [0.2, 0.25) is 5.91 Å². The van der Waals surface area contributed by atoms with Crippen molar-refractivity contribution in [3.8, 4) is 5.75 Å². The third kappa shape index (κ3) is 5.29. The van der Waals surface area contributed by atoms with Crippen LogP contribution in [0.3, 0.4) is 0 Å². The number of hydrogen-bond donors (Lipinski definition) is 1. The molecule has 0 spiro atoms. The molecule has 0 saturated heterocycles. The van der Waals surface area contributed by atoms with Crippen LogP contribution in [0.1, 0.15) is 23.6 Å². The van der Waals surface area contributed by atoms with Gasteiger partial charge in [0.1, 0.15) is 12.3 Å². The molecule has 1 N–H and O–H groups in total. The third-order valence-corrected chi connectivity index (χ3v) is 6.57. The monoisotopic (exact) mass is 458 g/mol. The summed E-state index contributed by atoms with van der Waals surface area (Å²) in [6.45, 7) is 2.38. The summed E-state index contributed by atoms with van der Waals surface area (Å²) in [4.78, 5) is 29.3. The normalized spacial score (nSPS) is 14.2. The minimum atomic E-state index is -0.234. The first-order valence-corrected chi connectivity index (χ1v) is 11.7. The molecule has 6 heteroatoms. The highest BCUT2D eigenvalue weighted by Crippen LogP contribution is 2.41. The highest BCUT2D eigenvalue weighted by Gasteiger charge is 2.30. The number of carbonyl (C=O) groups is 2. The number of nitrogens with zero attached hydrogens (tertiary/aromatic N) is 1. The van der Waals surface area contributed by atoms with Gasteiger partial charge in [-0.2, -0.15) is 0 Å². The smallest absolute Gasteiger partial charge is 0.265 e. The van der Waals surface area contributed by atoms with Crippen LogP contribution in [0.2, 0.25) is 0 Å². The Balaban J connectivity index is 1.53. The Morgan fingerprint density at radius 1 is 1.03 bits per heavy atom. The van der Waals surface area contributed by atoms with Crippen LogP contribution in [-0.2, 0) is 22.6 Å². The molecule has 0 fully saturated rings. The molecule has 0 atom stereocenters. The molecule has 4 rings (SSSR count). The van der Waals surface area contributed by atoms with Crippen LogP contribution in [0.25, 0.3) is 6.08 Å². The Morgan fingerprint density at radius 2 is 1.76 bits per heavy atom. The van der Waals surface area contributed by atoms with Crippen molar-refractivity contribution in [2.24, 2.45) is 0 Å². The zero-order chi connectivity index (χ0) is 23.2. The number of hydrogen-bond acceptors (Lipinski definition) is 4. The molecular formula is C27H26N2O3S. The van der Waals surface area contributed by atoms with E-state index in [1.807, 2.05) is 66.7 Å². The van der Waals surface area contributed by atoms with Crippen molar-refractivity contribution >= 4 is 35.3 Å². The standard InChI is InChI=1S/C27H26N2O3S/c1-3-19-12-14-20(15-13-19)16-25-27(31)29(22-9-5-7-11-24(22)33-25)18-26(30)28-17-21-8-4-6-10-23(21)32-2/h4-16H,3,17-18H2,1-2H3,(H,28,30). The fraction of sp³-hybridized carbons (Fsp3) is 0.185. The van der Waals surface area contributed by atoms with Gasteiger partial charge in [0.25, 0.3) is 5.91 Å². The Kier molecular flexibility index (Phi) is 7.15. The predicted octanol–water partition coefficient (Wildman–Crippen LogP) is 5.05. The number of fused-ring (bicyclic) bond motifs is 1. The van der Waals surface area contributed by atoms with Crippen LogP contribution >= 0.6 is 11.8 Å². The van der Waals surface area contributed by atoms with Crippen molar-refractivity contribution in [3.63, 3.8) is 0 Å². The summed E-state index contributed by atoms with van der Waals surface area (Å²) in [6.07, 6.45) is 2.86. The molecule has 0 unspecified atom stereocenters. The van der Waals surface area contributed by atoms with Crippen LogP contribution in [0.5, 0.6) is 5.75 Å². The fourth-order valence-corrected chi connectivity index (χ4v) is 4.72. The second-order valence-electron chi connectivity index (χ2n) is 7.65.